The molecule has 0 fully saturated rings. The lowest BCUT2D eigenvalue weighted by atomic mass is 9.95. The topological polar surface area (TPSA) is 53.6 Å². The van der Waals surface area contributed by atoms with Crippen LogP contribution in [-0.2, 0) is 9.53 Å². The number of nitrogens with one attached hydrogen (secondary N) is 2. The zero-order chi connectivity index (χ0) is 18.4. The molecule has 0 saturated carbocycles. The highest BCUT2D eigenvalue weighted by atomic mass is 32.2. The third-order valence-electron chi connectivity index (χ3n) is 3.90. The van der Waals surface area contributed by atoms with Crippen molar-refractivity contribution in [3.05, 3.63) is 41.1 Å². The first kappa shape index (κ1) is 19.6. The summed E-state index contributed by atoms with van der Waals surface area (Å²) in [6.07, 6.45) is 0. The number of thiocarbonyl (C=S) groups is 1. The van der Waals surface area contributed by atoms with Gasteiger partial charge in [-0.15, -0.1) is 0 Å². The molecule has 0 aliphatic carbocycles. The first-order valence-corrected chi connectivity index (χ1v) is 9.80. The van der Waals surface area contributed by atoms with Crippen LogP contribution in [0.2, 0.25) is 0 Å². The van der Waals surface area contributed by atoms with Crippen molar-refractivity contribution in [1.82, 2.24) is 10.6 Å². The van der Waals surface area contributed by atoms with Crippen molar-refractivity contribution < 1.29 is 9.53 Å². The Morgan fingerprint density at radius 2 is 2.00 bits per heavy atom. The van der Waals surface area contributed by atoms with Crippen molar-refractivity contribution in [2.45, 2.75) is 19.9 Å². The summed E-state index contributed by atoms with van der Waals surface area (Å²) < 4.78 is 5.45. The van der Waals surface area contributed by atoms with Crippen molar-refractivity contribution in [3.8, 4) is 0 Å². The summed E-state index contributed by atoms with van der Waals surface area (Å²) in [7, 11) is 3.99. The lowest BCUT2D eigenvalue weighted by Gasteiger charge is -2.30. The number of nitrogens with zero attached hydrogens (tertiary/aromatic N) is 1. The fraction of sp³-hybridized carbons (Fsp3) is 0.444. The maximum absolute atomic E-state index is 12.6. The molecule has 1 aliphatic rings. The smallest absolute Gasteiger partial charge is 0.338 e. The van der Waals surface area contributed by atoms with E-state index in [-0.39, 0.29) is 12.0 Å². The zero-order valence-electron chi connectivity index (χ0n) is 15.1. The molecular formula is C18H25N3O2S2. The maximum atomic E-state index is 12.6. The minimum Gasteiger partial charge on any atom is -0.461 e. The molecule has 1 atom stereocenters. The number of carbonyl (C=O) groups is 1. The molecule has 1 heterocycles. The molecule has 2 N–H and O–H groups in total. The minimum atomic E-state index is -0.309. The van der Waals surface area contributed by atoms with Gasteiger partial charge < -0.3 is 20.3 Å². The largest absolute Gasteiger partial charge is 0.461 e. The average molecular weight is 380 g/mol. The summed E-state index contributed by atoms with van der Waals surface area (Å²) >= 11 is 7.02. The predicted molar refractivity (Wildman–Crippen MR) is 109 cm³/mol. The van der Waals surface area contributed by atoms with E-state index in [2.05, 4.69) is 17.6 Å². The monoisotopic (exact) mass is 379 g/mol. The summed E-state index contributed by atoms with van der Waals surface area (Å²) in [6.45, 7) is 4.35. The minimum absolute atomic E-state index is 0.307. The Balaban J connectivity index is 2.22. The van der Waals surface area contributed by atoms with Gasteiger partial charge in [0.15, 0.2) is 5.11 Å². The van der Waals surface area contributed by atoms with E-state index in [1.165, 1.54) is 0 Å². The highest BCUT2D eigenvalue weighted by Crippen LogP contribution is 2.28. The summed E-state index contributed by atoms with van der Waals surface area (Å²) in [6, 6.07) is 7.76. The molecule has 0 unspecified atom stereocenters. The molecule has 0 saturated heterocycles. The maximum Gasteiger partial charge on any atom is 0.338 e. The van der Waals surface area contributed by atoms with Gasteiger partial charge in [-0.25, -0.2) is 4.79 Å². The van der Waals surface area contributed by atoms with Crippen molar-refractivity contribution in [2.24, 2.45) is 0 Å². The first-order chi connectivity index (χ1) is 11.9. The average Bonchev–Trinajstić information content (AvgIpc) is 2.58. The molecule has 25 heavy (non-hydrogen) atoms. The van der Waals surface area contributed by atoms with Gasteiger partial charge in [-0.1, -0.05) is 19.1 Å². The normalized spacial score (nSPS) is 17.0. The van der Waals surface area contributed by atoms with Gasteiger partial charge in [0, 0.05) is 31.2 Å². The quantitative estimate of drug-likeness (QED) is 0.429. The van der Waals surface area contributed by atoms with E-state index in [4.69, 9.17) is 17.0 Å². The number of hydrogen-bond acceptors (Lipinski definition) is 5. The van der Waals surface area contributed by atoms with E-state index in [1.54, 1.807) is 11.8 Å². The Morgan fingerprint density at radius 3 is 2.60 bits per heavy atom. The molecule has 1 aliphatic heterocycles. The van der Waals surface area contributed by atoms with Crippen LogP contribution in [0.4, 0.5) is 5.69 Å². The second kappa shape index (κ2) is 9.10. The van der Waals surface area contributed by atoms with Gasteiger partial charge in [0.25, 0.3) is 0 Å². The molecule has 136 valence electrons. The number of ether oxygens (including phenoxy) is 1. The summed E-state index contributed by atoms with van der Waals surface area (Å²) in [5, 5.41) is 6.73. The molecule has 5 nitrogen and oxygen atoms in total. The second-order valence-corrected chi connectivity index (χ2v) is 7.69. The molecule has 1 aromatic rings. The number of rotatable bonds is 7. The molecule has 0 amide bonds. The number of allylic oxidation sites excluding steroid dienone is 1. The third-order valence-corrected chi connectivity index (χ3v) is 4.98. The van der Waals surface area contributed by atoms with E-state index < -0.39 is 0 Å². The van der Waals surface area contributed by atoms with Gasteiger partial charge in [-0.3, -0.25) is 0 Å². The standard InChI is InChI=1S/C18H25N3O2S2/c1-5-25-11-10-23-17(22)15-12(2)19-18(24)20-16(15)13-6-8-14(9-7-13)21(3)4/h6-9,16H,5,10-11H2,1-4H3,(H2,19,20,24)/t16-/m1/s1. The fourth-order valence-corrected chi connectivity index (χ4v) is 3.36. The molecular weight excluding hydrogens is 354 g/mol. The second-order valence-electron chi connectivity index (χ2n) is 5.89. The molecule has 2 rings (SSSR count). The number of hydrogen-bond donors (Lipinski definition) is 2. The van der Waals surface area contributed by atoms with Gasteiger partial charge in [-0.05, 0) is 42.6 Å². The number of carbonyl (C=O) groups excluding carboxylic acids is 1. The Labute approximate surface area is 159 Å². The molecule has 7 heteroatoms. The SMILES string of the molecule is CCSCCOC(=O)C1=C(C)NC(=S)N[C@@H]1c1ccc(N(C)C)cc1. The van der Waals surface area contributed by atoms with Gasteiger partial charge in [0.2, 0.25) is 0 Å². The van der Waals surface area contributed by atoms with Crippen LogP contribution >= 0.6 is 24.0 Å². The van der Waals surface area contributed by atoms with Crippen LogP contribution in [0, 0.1) is 0 Å². The fourth-order valence-electron chi connectivity index (χ4n) is 2.59. The van der Waals surface area contributed by atoms with E-state index in [0.717, 1.165) is 28.5 Å². The molecule has 0 aromatic heterocycles. The number of anilines is 1. The van der Waals surface area contributed by atoms with Crippen molar-refractivity contribution >= 4 is 40.7 Å². The summed E-state index contributed by atoms with van der Waals surface area (Å²) in [5.74, 6) is 1.51. The van der Waals surface area contributed by atoms with Crippen LogP contribution in [0.1, 0.15) is 25.5 Å². The lowest BCUT2D eigenvalue weighted by molar-refractivity contribution is -0.138. The van der Waals surface area contributed by atoms with Gasteiger partial charge in [0.05, 0.1) is 11.6 Å². The lowest BCUT2D eigenvalue weighted by Crippen LogP contribution is -2.45. The Kier molecular flexibility index (Phi) is 7.13. The molecule has 0 spiro atoms. The van der Waals surface area contributed by atoms with Crippen LogP contribution in [0.3, 0.4) is 0 Å². The van der Waals surface area contributed by atoms with Crippen LogP contribution in [0.5, 0.6) is 0 Å². The van der Waals surface area contributed by atoms with Gasteiger partial charge in [-0.2, -0.15) is 11.8 Å². The summed E-state index contributed by atoms with van der Waals surface area (Å²) in [5.41, 5.74) is 3.39. The van der Waals surface area contributed by atoms with E-state index in [9.17, 15) is 4.79 Å². The van der Waals surface area contributed by atoms with E-state index in [0.29, 0.717) is 17.3 Å². The molecule has 1 aromatic carbocycles. The Hall–Kier alpha value is -1.73. The highest BCUT2D eigenvalue weighted by Gasteiger charge is 2.30. The number of esters is 1. The van der Waals surface area contributed by atoms with Crippen molar-refractivity contribution in [3.63, 3.8) is 0 Å². The predicted octanol–water partition coefficient (Wildman–Crippen LogP) is 2.84. The van der Waals surface area contributed by atoms with E-state index >= 15 is 0 Å². The van der Waals surface area contributed by atoms with E-state index in [1.807, 2.05) is 50.2 Å². The van der Waals surface area contributed by atoms with Crippen LogP contribution in [0.15, 0.2) is 35.5 Å². The molecule has 0 bridgehead atoms. The Morgan fingerprint density at radius 1 is 1.32 bits per heavy atom. The van der Waals surface area contributed by atoms with Crippen LogP contribution < -0.4 is 15.5 Å². The Bertz CT molecular complexity index is 657. The van der Waals surface area contributed by atoms with Crippen LogP contribution in [0.25, 0.3) is 0 Å². The van der Waals surface area contributed by atoms with Gasteiger partial charge >= 0.3 is 5.97 Å². The third kappa shape index (κ3) is 5.12. The highest BCUT2D eigenvalue weighted by molar-refractivity contribution is 7.99. The van der Waals surface area contributed by atoms with Crippen LogP contribution in [-0.4, -0.2) is 43.3 Å². The number of thioether (sulfide) groups is 1. The number of benzene rings is 1. The van der Waals surface area contributed by atoms with Crippen molar-refractivity contribution in [2.75, 3.05) is 37.1 Å². The zero-order valence-corrected chi connectivity index (χ0v) is 16.7. The summed E-state index contributed by atoms with van der Waals surface area (Å²) in [4.78, 5) is 14.7. The molecule has 0 radical (unpaired) electrons. The van der Waals surface area contributed by atoms with Crippen molar-refractivity contribution in [1.29, 1.82) is 0 Å². The van der Waals surface area contributed by atoms with Gasteiger partial charge in [0.1, 0.15) is 6.61 Å². The first-order valence-electron chi connectivity index (χ1n) is 8.24.